The molecule has 1 fully saturated rings. The number of amides is 2. The second-order valence-corrected chi connectivity index (χ2v) is 5.65. The molecule has 0 aromatic carbocycles. The number of nitrogens with one attached hydrogen (secondary N) is 2. The van der Waals surface area contributed by atoms with Crippen molar-refractivity contribution < 1.29 is 9.59 Å². The molecule has 0 saturated carbocycles. The maximum atomic E-state index is 12.3. The maximum absolute atomic E-state index is 12.3. The second-order valence-electron chi connectivity index (χ2n) is 5.65. The van der Waals surface area contributed by atoms with Crippen molar-refractivity contribution in [3.8, 4) is 0 Å². The highest BCUT2D eigenvalue weighted by Gasteiger charge is 2.23. The Balaban J connectivity index is 2.47. The van der Waals surface area contributed by atoms with Crippen molar-refractivity contribution in [2.24, 2.45) is 0 Å². The lowest BCUT2D eigenvalue weighted by atomic mass is 10.2. The Morgan fingerprint density at radius 2 is 2.15 bits per heavy atom. The third-order valence-electron chi connectivity index (χ3n) is 3.50. The van der Waals surface area contributed by atoms with Crippen LogP contribution < -0.4 is 10.6 Å². The number of carbonyl (C=O) groups excluding carboxylic acids is 2. The Labute approximate surface area is 121 Å². The molecule has 1 atom stereocenters. The van der Waals surface area contributed by atoms with Gasteiger partial charge in [-0.2, -0.15) is 0 Å². The SMILES string of the molecule is CCN(CC(=O)NC(C)C)C(=O)CN1CCNCC1C. The zero-order chi connectivity index (χ0) is 15.1. The van der Waals surface area contributed by atoms with E-state index in [1.807, 2.05) is 20.8 Å². The Hall–Kier alpha value is -1.14. The molecule has 2 N–H and O–H groups in total. The number of hydrogen-bond acceptors (Lipinski definition) is 4. The Bertz CT molecular complexity index is 333. The van der Waals surface area contributed by atoms with Crippen LogP contribution >= 0.6 is 0 Å². The topological polar surface area (TPSA) is 64.7 Å². The Morgan fingerprint density at radius 3 is 2.70 bits per heavy atom. The van der Waals surface area contributed by atoms with E-state index in [-0.39, 0.29) is 24.4 Å². The predicted octanol–water partition coefficient (Wildman–Crippen LogP) is -0.347. The maximum Gasteiger partial charge on any atom is 0.239 e. The van der Waals surface area contributed by atoms with Gasteiger partial charge in [0.1, 0.15) is 0 Å². The fourth-order valence-electron chi connectivity index (χ4n) is 2.31. The van der Waals surface area contributed by atoms with Crippen LogP contribution in [0.1, 0.15) is 27.7 Å². The van der Waals surface area contributed by atoms with Crippen molar-refractivity contribution in [3.63, 3.8) is 0 Å². The smallest absolute Gasteiger partial charge is 0.239 e. The van der Waals surface area contributed by atoms with Crippen LogP contribution in [-0.2, 0) is 9.59 Å². The molecule has 0 aromatic rings. The van der Waals surface area contributed by atoms with Gasteiger partial charge in [0.05, 0.1) is 13.1 Å². The molecule has 116 valence electrons. The van der Waals surface area contributed by atoms with Crippen molar-refractivity contribution in [2.75, 3.05) is 39.3 Å². The quantitative estimate of drug-likeness (QED) is 0.700. The molecule has 0 bridgehead atoms. The van der Waals surface area contributed by atoms with Gasteiger partial charge in [0.15, 0.2) is 0 Å². The highest BCUT2D eigenvalue weighted by atomic mass is 16.2. The van der Waals surface area contributed by atoms with Crippen molar-refractivity contribution in [1.29, 1.82) is 0 Å². The minimum atomic E-state index is -0.0939. The molecule has 1 unspecified atom stereocenters. The number of carbonyl (C=O) groups is 2. The summed E-state index contributed by atoms with van der Waals surface area (Å²) in [6.45, 7) is 11.7. The van der Waals surface area contributed by atoms with Crippen LogP contribution in [0.4, 0.5) is 0 Å². The summed E-state index contributed by atoms with van der Waals surface area (Å²) in [6, 6.07) is 0.459. The third-order valence-corrected chi connectivity index (χ3v) is 3.50. The van der Waals surface area contributed by atoms with Crippen LogP contribution in [0.25, 0.3) is 0 Å². The molecule has 1 aliphatic heterocycles. The zero-order valence-electron chi connectivity index (χ0n) is 13.1. The van der Waals surface area contributed by atoms with Gasteiger partial charge >= 0.3 is 0 Å². The van der Waals surface area contributed by atoms with E-state index in [9.17, 15) is 9.59 Å². The Morgan fingerprint density at radius 1 is 1.45 bits per heavy atom. The van der Waals surface area contributed by atoms with Crippen molar-refractivity contribution >= 4 is 11.8 Å². The molecule has 2 amide bonds. The summed E-state index contributed by atoms with van der Waals surface area (Å²) in [5.41, 5.74) is 0. The van der Waals surface area contributed by atoms with E-state index in [2.05, 4.69) is 22.5 Å². The highest BCUT2D eigenvalue weighted by Crippen LogP contribution is 2.03. The van der Waals surface area contributed by atoms with Gasteiger partial charge in [-0.1, -0.05) is 0 Å². The first-order valence-corrected chi connectivity index (χ1v) is 7.46. The van der Waals surface area contributed by atoms with Crippen molar-refractivity contribution in [2.45, 2.75) is 39.8 Å². The summed E-state index contributed by atoms with van der Waals surface area (Å²) in [4.78, 5) is 27.8. The van der Waals surface area contributed by atoms with Gasteiger partial charge < -0.3 is 15.5 Å². The van der Waals surface area contributed by atoms with Gasteiger partial charge in [-0.3, -0.25) is 14.5 Å². The first kappa shape index (κ1) is 16.9. The Kier molecular flexibility index (Phi) is 6.95. The highest BCUT2D eigenvalue weighted by molar-refractivity contribution is 5.85. The minimum absolute atomic E-state index is 0.0279. The van der Waals surface area contributed by atoms with Gasteiger partial charge in [0.2, 0.25) is 11.8 Å². The molecule has 1 heterocycles. The standard InChI is InChI=1S/C14H28N4O2/c1-5-17(9-13(19)16-11(2)3)14(20)10-18-7-6-15-8-12(18)4/h11-12,15H,5-10H2,1-4H3,(H,16,19). The number of piperazine rings is 1. The summed E-state index contributed by atoms with van der Waals surface area (Å²) < 4.78 is 0. The van der Waals surface area contributed by atoms with Crippen LogP contribution in [0.2, 0.25) is 0 Å². The number of likely N-dealkylation sites (N-methyl/N-ethyl adjacent to an activating group) is 1. The van der Waals surface area contributed by atoms with Crippen molar-refractivity contribution in [1.82, 2.24) is 20.4 Å². The molecule has 0 radical (unpaired) electrons. The molecule has 20 heavy (non-hydrogen) atoms. The summed E-state index contributed by atoms with van der Waals surface area (Å²) >= 11 is 0. The first-order valence-electron chi connectivity index (χ1n) is 7.46. The predicted molar refractivity (Wildman–Crippen MR) is 79.4 cm³/mol. The molecule has 6 nitrogen and oxygen atoms in total. The van der Waals surface area contributed by atoms with E-state index in [1.54, 1.807) is 4.90 Å². The molecule has 0 spiro atoms. The van der Waals surface area contributed by atoms with Gasteiger partial charge in [-0.25, -0.2) is 0 Å². The van der Waals surface area contributed by atoms with Crippen LogP contribution in [0.5, 0.6) is 0 Å². The average molecular weight is 284 g/mol. The summed E-state index contributed by atoms with van der Waals surface area (Å²) in [7, 11) is 0. The molecular formula is C14H28N4O2. The summed E-state index contributed by atoms with van der Waals surface area (Å²) in [5, 5.41) is 6.12. The third kappa shape index (κ3) is 5.46. The van der Waals surface area contributed by atoms with Gasteiger partial charge in [-0.15, -0.1) is 0 Å². The fraction of sp³-hybridized carbons (Fsp3) is 0.857. The largest absolute Gasteiger partial charge is 0.352 e. The summed E-state index contributed by atoms with van der Waals surface area (Å²) in [5.74, 6) is -0.0660. The number of hydrogen-bond donors (Lipinski definition) is 2. The van der Waals surface area contributed by atoms with E-state index in [0.29, 0.717) is 19.1 Å². The normalized spacial score (nSPS) is 19.9. The van der Waals surface area contributed by atoms with Gasteiger partial charge in [0, 0.05) is 38.3 Å². The molecule has 1 rings (SSSR count). The second kappa shape index (κ2) is 8.21. The van der Waals surface area contributed by atoms with E-state index in [1.165, 1.54) is 0 Å². The van der Waals surface area contributed by atoms with Crippen LogP contribution in [0.15, 0.2) is 0 Å². The average Bonchev–Trinajstić information content (AvgIpc) is 2.37. The lowest BCUT2D eigenvalue weighted by Gasteiger charge is -2.34. The summed E-state index contributed by atoms with van der Waals surface area (Å²) in [6.07, 6.45) is 0. The monoisotopic (exact) mass is 284 g/mol. The van der Waals surface area contributed by atoms with Gasteiger partial charge in [-0.05, 0) is 27.7 Å². The van der Waals surface area contributed by atoms with Crippen molar-refractivity contribution in [3.05, 3.63) is 0 Å². The molecule has 1 saturated heterocycles. The molecule has 0 aliphatic carbocycles. The molecule has 6 heteroatoms. The lowest BCUT2D eigenvalue weighted by Crippen LogP contribution is -2.54. The van der Waals surface area contributed by atoms with Crippen LogP contribution in [-0.4, -0.2) is 73.0 Å². The van der Waals surface area contributed by atoms with E-state index >= 15 is 0 Å². The minimum Gasteiger partial charge on any atom is -0.352 e. The van der Waals surface area contributed by atoms with Crippen LogP contribution in [0.3, 0.4) is 0 Å². The van der Waals surface area contributed by atoms with E-state index < -0.39 is 0 Å². The van der Waals surface area contributed by atoms with E-state index in [0.717, 1.165) is 19.6 Å². The van der Waals surface area contributed by atoms with Gasteiger partial charge in [0.25, 0.3) is 0 Å². The number of rotatable bonds is 6. The molecule has 0 aromatic heterocycles. The van der Waals surface area contributed by atoms with E-state index in [4.69, 9.17) is 0 Å². The fourth-order valence-corrected chi connectivity index (χ4v) is 2.31. The lowest BCUT2D eigenvalue weighted by molar-refractivity contribution is -0.137. The molecule has 1 aliphatic rings. The molecular weight excluding hydrogens is 256 g/mol. The zero-order valence-corrected chi connectivity index (χ0v) is 13.1. The number of nitrogens with zero attached hydrogens (tertiary/aromatic N) is 2. The first-order chi connectivity index (χ1) is 9.43. The van der Waals surface area contributed by atoms with Crippen LogP contribution in [0, 0.1) is 0 Å².